The van der Waals surface area contributed by atoms with Gasteiger partial charge < -0.3 is 14.2 Å². The molecule has 0 aliphatic heterocycles. The lowest BCUT2D eigenvalue weighted by atomic mass is 10.0. The highest BCUT2D eigenvalue weighted by Gasteiger charge is 2.19. The van der Waals surface area contributed by atoms with Gasteiger partial charge in [-0.25, -0.2) is 0 Å². The molecule has 1 atom stereocenters. The van der Waals surface area contributed by atoms with Gasteiger partial charge in [0.05, 0.1) is 0 Å². The second kappa shape index (κ2) is 70.6. The third-order valence-electron chi connectivity index (χ3n) is 16.2. The van der Waals surface area contributed by atoms with Crippen LogP contribution in [0.15, 0.2) is 60.8 Å². The maximum atomic E-state index is 13.0. The molecule has 478 valence electrons. The fourth-order valence-electron chi connectivity index (χ4n) is 10.8. The first-order valence-corrected chi connectivity index (χ1v) is 36.3. The van der Waals surface area contributed by atoms with E-state index in [0.717, 1.165) is 83.5 Å². The van der Waals surface area contributed by atoms with E-state index in [1.807, 2.05) is 0 Å². The van der Waals surface area contributed by atoms with Crippen LogP contribution in [0.5, 0.6) is 0 Å². The van der Waals surface area contributed by atoms with Crippen LogP contribution in [-0.4, -0.2) is 37.2 Å². The van der Waals surface area contributed by atoms with Gasteiger partial charge in [0.25, 0.3) is 0 Å². The zero-order chi connectivity index (χ0) is 59.2. The van der Waals surface area contributed by atoms with Crippen molar-refractivity contribution in [1.82, 2.24) is 0 Å². The van der Waals surface area contributed by atoms with Crippen LogP contribution in [-0.2, 0) is 28.6 Å². The third kappa shape index (κ3) is 67.9. The lowest BCUT2D eigenvalue weighted by Crippen LogP contribution is -2.30. The second-order valence-corrected chi connectivity index (χ2v) is 24.5. The van der Waals surface area contributed by atoms with Crippen LogP contribution in [0, 0.1) is 0 Å². The Morgan fingerprint density at radius 1 is 0.244 bits per heavy atom. The molecule has 6 nitrogen and oxygen atoms in total. The van der Waals surface area contributed by atoms with Gasteiger partial charge in [0, 0.05) is 19.3 Å². The zero-order valence-corrected chi connectivity index (χ0v) is 55.0. The van der Waals surface area contributed by atoms with E-state index in [2.05, 4.69) is 81.5 Å². The lowest BCUT2D eigenvalue weighted by molar-refractivity contribution is -0.167. The summed E-state index contributed by atoms with van der Waals surface area (Å²) in [6.07, 6.45) is 91.0. The van der Waals surface area contributed by atoms with Gasteiger partial charge in [-0.05, 0) is 89.9 Å². The zero-order valence-electron chi connectivity index (χ0n) is 55.0. The Morgan fingerprint density at radius 3 is 0.695 bits per heavy atom. The van der Waals surface area contributed by atoms with Crippen LogP contribution >= 0.6 is 0 Å². The summed E-state index contributed by atoms with van der Waals surface area (Å²) in [6, 6.07) is 0. The van der Waals surface area contributed by atoms with Crippen molar-refractivity contribution >= 4 is 17.9 Å². The summed E-state index contributed by atoms with van der Waals surface area (Å²) in [5.41, 5.74) is 0. The summed E-state index contributed by atoms with van der Waals surface area (Å²) in [5.74, 6) is -0.860. The van der Waals surface area contributed by atoms with Gasteiger partial charge in [0.2, 0.25) is 0 Å². The molecule has 0 aromatic heterocycles. The summed E-state index contributed by atoms with van der Waals surface area (Å²) < 4.78 is 17.0. The quantitative estimate of drug-likeness (QED) is 0.0261. The first-order valence-electron chi connectivity index (χ1n) is 36.3. The molecule has 0 spiro atoms. The van der Waals surface area contributed by atoms with Gasteiger partial charge in [-0.2, -0.15) is 0 Å². The maximum Gasteiger partial charge on any atom is 0.306 e. The molecule has 0 heterocycles. The van der Waals surface area contributed by atoms with E-state index >= 15 is 0 Å². The van der Waals surface area contributed by atoms with Crippen LogP contribution in [0.25, 0.3) is 0 Å². The number of esters is 3. The minimum absolute atomic E-state index is 0.0751. The molecule has 0 aromatic rings. The summed E-state index contributed by atoms with van der Waals surface area (Å²) in [5, 5.41) is 0. The minimum Gasteiger partial charge on any atom is -0.462 e. The number of hydrogen-bond acceptors (Lipinski definition) is 6. The molecule has 1 unspecified atom stereocenters. The van der Waals surface area contributed by atoms with Crippen molar-refractivity contribution in [2.45, 2.75) is 393 Å². The first kappa shape index (κ1) is 79.1. The van der Waals surface area contributed by atoms with Crippen LogP contribution in [0.3, 0.4) is 0 Å². The lowest BCUT2D eigenvalue weighted by Gasteiger charge is -2.18. The predicted octanol–water partition coefficient (Wildman–Crippen LogP) is 25.1. The maximum absolute atomic E-state index is 13.0. The molecular weight excluding hydrogens is 1010 g/mol. The molecule has 0 aliphatic carbocycles. The average molecular weight is 1150 g/mol. The van der Waals surface area contributed by atoms with Crippen LogP contribution in [0.2, 0.25) is 0 Å². The topological polar surface area (TPSA) is 78.9 Å². The standard InChI is InChI=1S/C76H138O6/c1-4-7-10-13-16-19-22-25-28-31-34-36-37-38-39-41-42-45-48-51-54-57-60-63-66-69-75(78)81-72-73(71-80-74(77)68-65-62-59-56-53-50-47-44-33-30-27-24-21-18-15-12-9-6-3)82-76(79)70-67-64-61-58-55-52-49-46-43-40-35-32-29-26-23-20-17-14-11-8-5-2/h21-22,24-25,30-31,33-34,37-38,73H,4-20,23,26-29,32,35-36,39-72H2,1-3H3/b24-21-,25-22-,33-30-,34-31-,38-37-. The largest absolute Gasteiger partial charge is 0.462 e. The van der Waals surface area contributed by atoms with E-state index < -0.39 is 6.10 Å². The predicted molar refractivity (Wildman–Crippen MR) is 358 cm³/mol. The van der Waals surface area contributed by atoms with E-state index in [0.29, 0.717) is 19.3 Å². The summed E-state index contributed by atoms with van der Waals surface area (Å²) >= 11 is 0. The van der Waals surface area contributed by atoms with Crippen LogP contribution in [0.4, 0.5) is 0 Å². The van der Waals surface area contributed by atoms with Gasteiger partial charge in [-0.15, -0.1) is 0 Å². The van der Waals surface area contributed by atoms with Crippen LogP contribution < -0.4 is 0 Å². The van der Waals surface area contributed by atoms with E-state index in [4.69, 9.17) is 14.2 Å². The van der Waals surface area contributed by atoms with Crippen molar-refractivity contribution in [3.63, 3.8) is 0 Å². The molecule has 0 saturated heterocycles. The molecule has 6 heteroatoms. The summed E-state index contributed by atoms with van der Waals surface area (Å²) in [7, 11) is 0. The fourth-order valence-corrected chi connectivity index (χ4v) is 10.8. The van der Waals surface area contributed by atoms with Gasteiger partial charge in [0.1, 0.15) is 13.2 Å². The molecule has 0 fully saturated rings. The molecule has 0 amide bonds. The van der Waals surface area contributed by atoms with Gasteiger partial charge in [-0.1, -0.05) is 338 Å². The highest BCUT2D eigenvalue weighted by Crippen LogP contribution is 2.18. The molecule has 0 bridgehead atoms. The Hall–Kier alpha value is -2.89. The second-order valence-electron chi connectivity index (χ2n) is 24.5. The van der Waals surface area contributed by atoms with E-state index in [-0.39, 0.29) is 31.1 Å². The van der Waals surface area contributed by atoms with Crippen molar-refractivity contribution in [3.05, 3.63) is 60.8 Å². The monoisotopic (exact) mass is 1150 g/mol. The van der Waals surface area contributed by atoms with E-state index in [1.54, 1.807) is 0 Å². The molecule has 0 N–H and O–H groups in total. The number of carbonyl (C=O) groups is 3. The fraction of sp³-hybridized carbons (Fsp3) is 0.829. The van der Waals surface area contributed by atoms with Crippen LogP contribution in [0.1, 0.15) is 387 Å². The molecule has 0 saturated carbocycles. The Labute approximate surface area is 510 Å². The molecule has 0 aromatic carbocycles. The van der Waals surface area contributed by atoms with Gasteiger partial charge in [-0.3, -0.25) is 14.4 Å². The minimum atomic E-state index is -0.780. The number of rotatable bonds is 67. The number of unbranched alkanes of at least 4 members (excludes halogenated alkanes) is 46. The summed E-state index contributed by atoms with van der Waals surface area (Å²) in [4.78, 5) is 38.5. The highest BCUT2D eigenvalue weighted by molar-refractivity contribution is 5.71. The Balaban J connectivity index is 4.34. The van der Waals surface area contributed by atoms with Crippen molar-refractivity contribution < 1.29 is 28.6 Å². The first-order chi connectivity index (χ1) is 40.5. The average Bonchev–Trinajstić information content (AvgIpc) is 3.47. The Bertz CT molecular complexity index is 1460. The molecular formula is C76H138O6. The molecule has 0 rings (SSSR count). The van der Waals surface area contributed by atoms with Gasteiger partial charge in [0.15, 0.2) is 6.10 Å². The normalized spacial score (nSPS) is 12.4. The smallest absolute Gasteiger partial charge is 0.306 e. The van der Waals surface area contributed by atoms with E-state index in [1.165, 1.54) is 263 Å². The Morgan fingerprint density at radius 2 is 0.439 bits per heavy atom. The SMILES string of the molecule is CCCCCC/C=C\C/C=C\CCCCCCCCCC(=O)OCC(COC(=O)CCCCCCCCCCCC/C=C\C/C=C\C/C=C\CCCCCCC)OC(=O)CCCCCCCCCCCCCCCCCCCCCCC. The number of ether oxygens (including phenoxy) is 3. The Kier molecular flexibility index (Phi) is 68.1. The van der Waals surface area contributed by atoms with E-state index in [9.17, 15) is 14.4 Å². The highest BCUT2D eigenvalue weighted by atomic mass is 16.6. The van der Waals surface area contributed by atoms with Crippen molar-refractivity contribution in [1.29, 1.82) is 0 Å². The number of allylic oxidation sites excluding steroid dienone is 10. The number of hydrogen-bond donors (Lipinski definition) is 0. The molecule has 0 radical (unpaired) electrons. The van der Waals surface area contributed by atoms with Crippen molar-refractivity contribution in [2.24, 2.45) is 0 Å². The molecule has 82 heavy (non-hydrogen) atoms. The van der Waals surface area contributed by atoms with Crippen molar-refractivity contribution in [2.75, 3.05) is 13.2 Å². The third-order valence-corrected chi connectivity index (χ3v) is 16.2. The summed E-state index contributed by atoms with van der Waals surface area (Å²) in [6.45, 7) is 6.67. The number of carbonyl (C=O) groups excluding carboxylic acids is 3. The van der Waals surface area contributed by atoms with Crippen molar-refractivity contribution in [3.8, 4) is 0 Å². The van der Waals surface area contributed by atoms with Gasteiger partial charge >= 0.3 is 17.9 Å². The molecule has 0 aliphatic rings.